The molecule has 0 spiro atoms. The van der Waals surface area contributed by atoms with Crippen LogP contribution in [0, 0.1) is 16.0 Å². The Kier molecular flexibility index (Phi) is 4.64. The summed E-state index contributed by atoms with van der Waals surface area (Å²) in [5, 5.41) is 24.6. The number of anilines is 2. The Morgan fingerprint density at radius 3 is 2.81 bits per heavy atom. The lowest BCUT2D eigenvalue weighted by atomic mass is 9.79. The molecule has 5 N–H and O–H groups in total. The Morgan fingerprint density at radius 2 is 2.19 bits per heavy atom. The number of hydrazine groups is 1. The van der Waals surface area contributed by atoms with Crippen molar-refractivity contribution < 1.29 is 10.0 Å². The molecular formula is C14H22N4O3. The number of nitrogens with one attached hydrogen (secondary N) is 2. The monoisotopic (exact) mass is 294 g/mol. The zero-order valence-electron chi connectivity index (χ0n) is 12.1. The predicted molar refractivity (Wildman–Crippen MR) is 82.0 cm³/mol. The quantitative estimate of drug-likeness (QED) is 0.376. The first-order chi connectivity index (χ1) is 9.92. The van der Waals surface area contributed by atoms with Crippen LogP contribution in [-0.4, -0.2) is 22.2 Å². The molecule has 1 aromatic rings. The molecule has 2 rings (SSSR count). The number of nitro benzene ring substituents is 1. The van der Waals surface area contributed by atoms with Crippen LogP contribution in [0.25, 0.3) is 0 Å². The first-order valence-corrected chi connectivity index (χ1v) is 7.14. The van der Waals surface area contributed by atoms with Gasteiger partial charge in [-0.25, -0.2) is 0 Å². The molecule has 2 atom stereocenters. The fourth-order valence-electron chi connectivity index (χ4n) is 2.96. The van der Waals surface area contributed by atoms with Gasteiger partial charge in [-0.3, -0.25) is 16.0 Å². The summed E-state index contributed by atoms with van der Waals surface area (Å²) in [4.78, 5) is 10.4. The van der Waals surface area contributed by atoms with Crippen molar-refractivity contribution in [2.24, 2.45) is 11.8 Å². The Balaban J connectivity index is 2.08. The van der Waals surface area contributed by atoms with Gasteiger partial charge >= 0.3 is 0 Å². The van der Waals surface area contributed by atoms with E-state index in [2.05, 4.69) is 17.7 Å². The molecule has 0 aromatic heterocycles. The van der Waals surface area contributed by atoms with Crippen LogP contribution in [0.1, 0.15) is 32.6 Å². The molecule has 2 unspecified atom stereocenters. The lowest BCUT2D eigenvalue weighted by molar-refractivity contribution is -0.384. The minimum atomic E-state index is -0.751. The highest BCUT2D eigenvalue weighted by Gasteiger charge is 2.32. The summed E-state index contributed by atoms with van der Waals surface area (Å²) in [5.41, 5.74) is 2.64. The minimum absolute atomic E-state index is 0.0445. The average molecular weight is 294 g/mol. The third-order valence-corrected chi connectivity index (χ3v) is 3.98. The molecule has 0 amide bonds. The van der Waals surface area contributed by atoms with Gasteiger partial charge in [0.15, 0.2) is 0 Å². The standard InChI is InChI=1S/C14H22N4O3/c1-10-3-2-4-14(19,8-10)9-16-11-5-12(17-15)7-13(6-11)18(20)21/h5-7,10,16-17,19H,2-4,8-9,15H2,1H3. The number of hydrogen-bond acceptors (Lipinski definition) is 6. The smallest absolute Gasteiger partial charge is 0.273 e. The maximum absolute atomic E-state index is 10.9. The molecule has 116 valence electrons. The van der Waals surface area contributed by atoms with E-state index >= 15 is 0 Å². The summed E-state index contributed by atoms with van der Waals surface area (Å²) in [6.45, 7) is 2.51. The molecule has 0 radical (unpaired) electrons. The van der Waals surface area contributed by atoms with Crippen LogP contribution in [0.5, 0.6) is 0 Å². The van der Waals surface area contributed by atoms with E-state index < -0.39 is 10.5 Å². The minimum Gasteiger partial charge on any atom is -0.388 e. The molecule has 7 heteroatoms. The largest absolute Gasteiger partial charge is 0.388 e. The first-order valence-electron chi connectivity index (χ1n) is 7.14. The van der Waals surface area contributed by atoms with Gasteiger partial charge < -0.3 is 15.8 Å². The zero-order chi connectivity index (χ0) is 15.5. The number of nitrogen functional groups attached to an aromatic ring is 1. The Bertz CT molecular complexity index is 523. The van der Waals surface area contributed by atoms with Crippen LogP contribution in [0.2, 0.25) is 0 Å². The molecule has 0 bridgehead atoms. The van der Waals surface area contributed by atoms with Gasteiger partial charge in [-0.2, -0.15) is 0 Å². The molecule has 0 aliphatic heterocycles. The third kappa shape index (κ3) is 4.05. The van der Waals surface area contributed by atoms with E-state index in [0.717, 1.165) is 25.7 Å². The summed E-state index contributed by atoms with van der Waals surface area (Å²) in [6.07, 6.45) is 3.64. The maximum Gasteiger partial charge on any atom is 0.273 e. The number of rotatable bonds is 5. The molecule has 1 aromatic carbocycles. The summed E-state index contributed by atoms with van der Waals surface area (Å²) in [7, 11) is 0. The normalized spacial score (nSPS) is 25.4. The van der Waals surface area contributed by atoms with Gasteiger partial charge in [-0.15, -0.1) is 0 Å². The summed E-state index contributed by atoms with van der Waals surface area (Å²) in [5.74, 6) is 5.82. The number of nitrogens with zero attached hydrogens (tertiary/aromatic N) is 1. The second-order valence-electron chi connectivity index (χ2n) is 5.95. The fourth-order valence-corrected chi connectivity index (χ4v) is 2.96. The highest BCUT2D eigenvalue weighted by Crippen LogP contribution is 2.33. The van der Waals surface area contributed by atoms with Crippen molar-refractivity contribution in [3.63, 3.8) is 0 Å². The summed E-state index contributed by atoms with van der Waals surface area (Å²) in [6, 6.07) is 4.49. The highest BCUT2D eigenvalue weighted by molar-refractivity contribution is 5.63. The number of aliphatic hydroxyl groups is 1. The van der Waals surface area contributed by atoms with Crippen molar-refractivity contribution in [3.8, 4) is 0 Å². The second-order valence-corrected chi connectivity index (χ2v) is 5.95. The summed E-state index contributed by atoms with van der Waals surface area (Å²) >= 11 is 0. The van der Waals surface area contributed by atoms with E-state index in [1.165, 1.54) is 12.1 Å². The molecule has 0 heterocycles. The number of nitro groups is 1. The number of non-ortho nitro benzene ring substituents is 1. The van der Waals surface area contributed by atoms with E-state index in [1.807, 2.05) is 0 Å². The van der Waals surface area contributed by atoms with Gasteiger partial charge in [0, 0.05) is 24.4 Å². The molecule has 1 aliphatic rings. The van der Waals surface area contributed by atoms with Crippen molar-refractivity contribution in [1.29, 1.82) is 0 Å². The Labute approximate surface area is 123 Å². The van der Waals surface area contributed by atoms with Crippen molar-refractivity contribution in [3.05, 3.63) is 28.3 Å². The van der Waals surface area contributed by atoms with Crippen LogP contribution in [0.3, 0.4) is 0 Å². The lowest BCUT2D eigenvalue weighted by Gasteiger charge is -2.35. The van der Waals surface area contributed by atoms with E-state index in [9.17, 15) is 15.2 Å². The van der Waals surface area contributed by atoms with Gasteiger partial charge in [-0.05, 0) is 24.8 Å². The predicted octanol–water partition coefficient (Wildman–Crippen LogP) is 2.23. The maximum atomic E-state index is 10.9. The Morgan fingerprint density at radius 1 is 1.48 bits per heavy atom. The molecule has 21 heavy (non-hydrogen) atoms. The SMILES string of the molecule is CC1CCCC(O)(CNc2cc(NN)cc([N+](=O)[O-])c2)C1. The number of hydrogen-bond donors (Lipinski definition) is 4. The van der Waals surface area contributed by atoms with Gasteiger partial charge in [0.1, 0.15) is 0 Å². The van der Waals surface area contributed by atoms with E-state index in [-0.39, 0.29) is 5.69 Å². The fraction of sp³-hybridized carbons (Fsp3) is 0.571. The van der Waals surface area contributed by atoms with Crippen molar-refractivity contribution in [2.45, 2.75) is 38.2 Å². The van der Waals surface area contributed by atoms with E-state index in [4.69, 9.17) is 5.84 Å². The van der Waals surface area contributed by atoms with Gasteiger partial charge in [-0.1, -0.05) is 19.8 Å². The van der Waals surface area contributed by atoms with Crippen LogP contribution in [-0.2, 0) is 0 Å². The van der Waals surface area contributed by atoms with Crippen LogP contribution in [0.4, 0.5) is 17.1 Å². The second kappa shape index (κ2) is 6.28. The van der Waals surface area contributed by atoms with E-state index in [0.29, 0.717) is 23.8 Å². The zero-order valence-corrected chi connectivity index (χ0v) is 12.1. The lowest BCUT2D eigenvalue weighted by Crippen LogP contribution is -2.41. The van der Waals surface area contributed by atoms with Crippen molar-refractivity contribution >= 4 is 17.1 Å². The molecule has 7 nitrogen and oxygen atoms in total. The molecule has 1 fully saturated rings. The van der Waals surface area contributed by atoms with Crippen LogP contribution in [0.15, 0.2) is 18.2 Å². The van der Waals surface area contributed by atoms with Gasteiger partial charge in [0.2, 0.25) is 0 Å². The average Bonchev–Trinajstić information content (AvgIpc) is 2.44. The van der Waals surface area contributed by atoms with Crippen LogP contribution < -0.4 is 16.6 Å². The Hall–Kier alpha value is -1.86. The summed E-state index contributed by atoms with van der Waals surface area (Å²) < 4.78 is 0. The van der Waals surface area contributed by atoms with Crippen molar-refractivity contribution in [1.82, 2.24) is 0 Å². The molecule has 0 saturated heterocycles. The van der Waals surface area contributed by atoms with E-state index in [1.54, 1.807) is 6.07 Å². The van der Waals surface area contributed by atoms with Gasteiger partial charge in [0.05, 0.1) is 16.2 Å². The van der Waals surface area contributed by atoms with Crippen LogP contribution >= 0.6 is 0 Å². The number of nitrogens with two attached hydrogens (primary N) is 1. The third-order valence-electron chi connectivity index (χ3n) is 3.98. The molecule has 1 aliphatic carbocycles. The first kappa shape index (κ1) is 15.5. The van der Waals surface area contributed by atoms with Gasteiger partial charge in [0.25, 0.3) is 5.69 Å². The topological polar surface area (TPSA) is 113 Å². The molecule has 1 saturated carbocycles. The molecular weight excluding hydrogens is 272 g/mol. The highest BCUT2D eigenvalue weighted by atomic mass is 16.6. The number of benzene rings is 1. The van der Waals surface area contributed by atoms with Crippen molar-refractivity contribution in [2.75, 3.05) is 17.3 Å².